The summed E-state index contributed by atoms with van der Waals surface area (Å²) in [5.41, 5.74) is 3.53. The first-order chi connectivity index (χ1) is 8.68. The van der Waals surface area contributed by atoms with Crippen LogP contribution < -0.4 is 5.32 Å². The zero-order valence-corrected chi connectivity index (χ0v) is 11.7. The lowest BCUT2D eigenvalue weighted by Crippen LogP contribution is -2.28. The Balaban J connectivity index is 1.64. The van der Waals surface area contributed by atoms with Crippen LogP contribution in [0.15, 0.2) is 24.3 Å². The molecule has 0 bridgehead atoms. The van der Waals surface area contributed by atoms with Crippen molar-refractivity contribution in [1.82, 2.24) is 5.32 Å². The van der Waals surface area contributed by atoms with Crippen molar-refractivity contribution in [3.63, 3.8) is 0 Å². The maximum absolute atomic E-state index is 3.70. The first-order valence-electron chi connectivity index (χ1n) is 7.51. The van der Waals surface area contributed by atoms with Crippen LogP contribution >= 0.6 is 0 Å². The normalized spacial score (nSPS) is 21.3. The summed E-state index contributed by atoms with van der Waals surface area (Å²) in [5.74, 6) is 0.752. The Bertz CT molecular complexity index is 396. The Morgan fingerprint density at radius 2 is 1.83 bits per heavy atom. The van der Waals surface area contributed by atoms with E-state index in [1.54, 1.807) is 5.56 Å². The van der Waals surface area contributed by atoms with Crippen LogP contribution in [0.1, 0.15) is 50.7 Å². The molecule has 0 saturated heterocycles. The summed E-state index contributed by atoms with van der Waals surface area (Å²) in [4.78, 5) is 0. The number of rotatable bonds is 6. The average molecular weight is 243 g/mol. The molecule has 3 rings (SSSR count). The van der Waals surface area contributed by atoms with Crippen molar-refractivity contribution in [2.75, 3.05) is 6.54 Å². The Labute approximate surface area is 111 Å². The molecule has 0 unspecified atom stereocenters. The van der Waals surface area contributed by atoms with Crippen LogP contribution in [0, 0.1) is 5.92 Å². The summed E-state index contributed by atoms with van der Waals surface area (Å²) in [6.07, 6.45) is 6.73. The minimum atomic E-state index is 0.485. The van der Waals surface area contributed by atoms with Gasteiger partial charge in [0.25, 0.3) is 0 Å². The zero-order valence-electron chi connectivity index (χ0n) is 11.7. The van der Waals surface area contributed by atoms with Crippen molar-refractivity contribution in [3.05, 3.63) is 35.4 Å². The summed E-state index contributed by atoms with van der Waals surface area (Å²) in [6.45, 7) is 5.77. The highest BCUT2D eigenvalue weighted by Gasteiger charge is 2.44. The zero-order chi connectivity index (χ0) is 12.6. The predicted molar refractivity (Wildman–Crippen MR) is 76.9 cm³/mol. The molecule has 0 heterocycles. The third-order valence-corrected chi connectivity index (χ3v) is 4.37. The molecule has 0 amide bonds. The van der Waals surface area contributed by atoms with Crippen molar-refractivity contribution in [2.24, 2.45) is 5.92 Å². The van der Waals surface area contributed by atoms with Gasteiger partial charge in [0, 0.05) is 18.0 Å². The molecule has 18 heavy (non-hydrogen) atoms. The largest absolute Gasteiger partial charge is 0.313 e. The third kappa shape index (κ3) is 2.77. The number of hydrogen-bond acceptors (Lipinski definition) is 1. The Morgan fingerprint density at radius 3 is 2.33 bits per heavy atom. The second-order valence-corrected chi connectivity index (χ2v) is 6.73. The highest BCUT2D eigenvalue weighted by Crippen LogP contribution is 2.48. The van der Waals surface area contributed by atoms with Crippen LogP contribution in [0.4, 0.5) is 0 Å². The van der Waals surface area contributed by atoms with E-state index in [4.69, 9.17) is 0 Å². The van der Waals surface area contributed by atoms with E-state index in [0.717, 1.165) is 12.0 Å². The van der Waals surface area contributed by atoms with Gasteiger partial charge in [-0.2, -0.15) is 0 Å². The minimum Gasteiger partial charge on any atom is -0.313 e. The van der Waals surface area contributed by atoms with E-state index in [-0.39, 0.29) is 0 Å². The quantitative estimate of drug-likeness (QED) is 0.804. The van der Waals surface area contributed by atoms with E-state index in [0.29, 0.717) is 5.41 Å². The fourth-order valence-corrected chi connectivity index (χ4v) is 2.81. The summed E-state index contributed by atoms with van der Waals surface area (Å²) in [7, 11) is 0. The van der Waals surface area contributed by atoms with E-state index in [2.05, 4.69) is 43.4 Å². The van der Waals surface area contributed by atoms with E-state index in [1.807, 2.05) is 0 Å². The van der Waals surface area contributed by atoms with E-state index in [1.165, 1.54) is 44.2 Å². The van der Waals surface area contributed by atoms with E-state index in [9.17, 15) is 0 Å². The van der Waals surface area contributed by atoms with Crippen LogP contribution in [-0.2, 0) is 11.8 Å². The van der Waals surface area contributed by atoms with Crippen molar-refractivity contribution in [1.29, 1.82) is 0 Å². The lowest BCUT2D eigenvalue weighted by molar-refractivity contribution is 0.571. The topological polar surface area (TPSA) is 12.0 Å². The molecule has 0 spiro atoms. The maximum atomic E-state index is 3.70. The molecule has 2 aliphatic carbocycles. The maximum Gasteiger partial charge on any atom is 0.00785 e. The van der Waals surface area contributed by atoms with Crippen LogP contribution in [0.2, 0.25) is 0 Å². The average Bonchev–Trinajstić information content (AvgIpc) is 3.23. The van der Waals surface area contributed by atoms with Gasteiger partial charge in [0.05, 0.1) is 0 Å². The smallest absolute Gasteiger partial charge is 0.00785 e. The van der Waals surface area contributed by atoms with Crippen LogP contribution in [0.3, 0.4) is 0 Å². The lowest BCUT2D eigenvalue weighted by Gasteiger charge is -2.17. The van der Waals surface area contributed by atoms with Crippen molar-refractivity contribution in [2.45, 2.75) is 57.4 Å². The molecular weight excluding hydrogens is 218 g/mol. The molecule has 2 fully saturated rings. The summed E-state index contributed by atoms with van der Waals surface area (Å²) in [5, 5.41) is 3.70. The Morgan fingerprint density at radius 1 is 1.17 bits per heavy atom. The summed E-state index contributed by atoms with van der Waals surface area (Å²) < 4.78 is 0. The molecule has 0 radical (unpaired) electrons. The van der Waals surface area contributed by atoms with Gasteiger partial charge >= 0.3 is 0 Å². The van der Waals surface area contributed by atoms with Crippen LogP contribution in [0.5, 0.6) is 0 Å². The van der Waals surface area contributed by atoms with Gasteiger partial charge in [0.15, 0.2) is 0 Å². The molecule has 1 nitrogen and oxygen atoms in total. The van der Waals surface area contributed by atoms with Crippen molar-refractivity contribution in [3.8, 4) is 0 Å². The number of hydrogen-bond donors (Lipinski definition) is 1. The molecule has 0 aromatic heterocycles. The minimum absolute atomic E-state index is 0.485. The molecule has 1 N–H and O–H groups in total. The highest BCUT2D eigenvalue weighted by molar-refractivity contribution is 5.34. The first-order valence-corrected chi connectivity index (χ1v) is 7.51. The van der Waals surface area contributed by atoms with Gasteiger partial charge in [0.1, 0.15) is 0 Å². The summed E-state index contributed by atoms with van der Waals surface area (Å²) in [6, 6.07) is 10.3. The van der Waals surface area contributed by atoms with Gasteiger partial charge in [0.2, 0.25) is 0 Å². The number of benzene rings is 1. The standard InChI is InChI=1S/C17H25N/c1-13(2)11-14-3-5-15(6-4-14)17(9-10-17)12-18-16-7-8-16/h3-6,13,16,18H,7-12H2,1-2H3. The molecule has 1 aromatic carbocycles. The highest BCUT2D eigenvalue weighted by atomic mass is 15.0. The predicted octanol–water partition coefficient (Wildman–Crippen LogP) is 3.67. The molecule has 1 heteroatoms. The van der Waals surface area contributed by atoms with Crippen LogP contribution in [-0.4, -0.2) is 12.6 Å². The van der Waals surface area contributed by atoms with Gasteiger partial charge in [-0.05, 0) is 49.1 Å². The number of nitrogens with one attached hydrogen (secondary N) is 1. The van der Waals surface area contributed by atoms with Crippen molar-refractivity contribution < 1.29 is 0 Å². The molecule has 98 valence electrons. The molecule has 2 aliphatic rings. The molecule has 1 aromatic rings. The Kier molecular flexibility index (Phi) is 3.19. The van der Waals surface area contributed by atoms with Gasteiger partial charge in [-0.25, -0.2) is 0 Å². The lowest BCUT2D eigenvalue weighted by atomic mass is 9.93. The first kappa shape index (κ1) is 12.2. The molecule has 0 atom stereocenters. The monoisotopic (exact) mass is 243 g/mol. The third-order valence-electron chi connectivity index (χ3n) is 4.37. The molecule has 0 aliphatic heterocycles. The second-order valence-electron chi connectivity index (χ2n) is 6.73. The van der Waals surface area contributed by atoms with Gasteiger partial charge in [-0.15, -0.1) is 0 Å². The molecular formula is C17H25N. The van der Waals surface area contributed by atoms with Gasteiger partial charge in [-0.1, -0.05) is 38.1 Å². The van der Waals surface area contributed by atoms with E-state index >= 15 is 0 Å². The van der Waals surface area contributed by atoms with Crippen LogP contribution in [0.25, 0.3) is 0 Å². The SMILES string of the molecule is CC(C)Cc1ccc(C2(CNC3CC3)CC2)cc1. The van der Waals surface area contributed by atoms with E-state index < -0.39 is 0 Å². The second kappa shape index (κ2) is 4.70. The fourth-order valence-electron chi connectivity index (χ4n) is 2.81. The molecule has 2 saturated carbocycles. The Hall–Kier alpha value is -0.820. The van der Waals surface area contributed by atoms with Gasteiger partial charge < -0.3 is 5.32 Å². The fraction of sp³-hybridized carbons (Fsp3) is 0.647. The van der Waals surface area contributed by atoms with Crippen molar-refractivity contribution >= 4 is 0 Å². The summed E-state index contributed by atoms with van der Waals surface area (Å²) >= 11 is 0. The van der Waals surface area contributed by atoms with Gasteiger partial charge in [-0.3, -0.25) is 0 Å².